The number of aliphatic hydroxyl groups is 1. The molecule has 0 aliphatic heterocycles. The smallest absolute Gasteiger partial charge is 0.140 e. The molecule has 16 heavy (non-hydrogen) atoms. The third-order valence-electron chi connectivity index (χ3n) is 2.23. The van der Waals surface area contributed by atoms with E-state index in [4.69, 9.17) is 11.6 Å². The molecule has 0 amide bonds. The van der Waals surface area contributed by atoms with Crippen molar-refractivity contribution in [1.29, 1.82) is 0 Å². The number of halogens is 2. The van der Waals surface area contributed by atoms with Crippen molar-refractivity contribution in [3.63, 3.8) is 0 Å². The highest BCUT2D eigenvalue weighted by Crippen LogP contribution is 2.24. The van der Waals surface area contributed by atoms with Gasteiger partial charge in [0, 0.05) is 12.7 Å². The van der Waals surface area contributed by atoms with E-state index in [-0.39, 0.29) is 0 Å². The largest absolute Gasteiger partial charge is 0.388 e. The van der Waals surface area contributed by atoms with E-state index in [9.17, 15) is 5.11 Å². The second-order valence-corrected chi connectivity index (χ2v) is 5.38. The Labute approximate surface area is 109 Å². The van der Waals surface area contributed by atoms with Crippen LogP contribution in [0, 0.1) is 0 Å². The van der Waals surface area contributed by atoms with Crippen molar-refractivity contribution in [3.8, 4) is 0 Å². The molecule has 0 radical (unpaired) electrons. The molecule has 90 valence electrons. The van der Waals surface area contributed by atoms with Gasteiger partial charge in [-0.1, -0.05) is 24.9 Å². The maximum Gasteiger partial charge on any atom is 0.140 e. The van der Waals surface area contributed by atoms with Crippen molar-refractivity contribution < 1.29 is 5.11 Å². The fraction of sp³-hybridized carbons (Fsp3) is 0.545. The normalized spacial score (nSPS) is 14.6. The van der Waals surface area contributed by atoms with Gasteiger partial charge in [0.05, 0.1) is 15.1 Å². The molecule has 0 saturated carbocycles. The fourth-order valence-electron chi connectivity index (χ4n) is 1.45. The molecule has 0 saturated heterocycles. The molecule has 1 rings (SSSR count). The quantitative estimate of drug-likeness (QED) is 0.875. The Morgan fingerprint density at radius 1 is 1.62 bits per heavy atom. The number of hydrogen-bond acceptors (Lipinski definition) is 3. The number of pyridine rings is 1. The minimum absolute atomic E-state index is 0.466. The molecule has 5 heteroatoms. The number of rotatable bonds is 5. The monoisotopic (exact) mass is 306 g/mol. The summed E-state index contributed by atoms with van der Waals surface area (Å²) in [5.41, 5.74) is -0.713. The molecule has 0 spiro atoms. The van der Waals surface area contributed by atoms with Gasteiger partial charge in [-0.2, -0.15) is 0 Å². The van der Waals surface area contributed by atoms with Crippen LogP contribution in [-0.2, 0) is 0 Å². The summed E-state index contributed by atoms with van der Waals surface area (Å²) in [5.74, 6) is 0.695. The van der Waals surface area contributed by atoms with Crippen LogP contribution in [-0.4, -0.2) is 22.2 Å². The van der Waals surface area contributed by atoms with Crippen LogP contribution in [0.15, 0.2) is 16.7 Å². The molecular weight excluding hydrogens is 291 g/mol. The van der Waals surface area contributed by atoms with E-state index < -0.39 is 5.60 Å². The molecule has 1 heterocycles. The van der Waals surface area contributed by atoms with Gasteiger partial charge in [-0.15, -0.1) is 0 Å². The van der Waals surface area contributed by atoms with Gasteiger partial charge in [0.15, 0.2) is 0 Å². The Morgan fingerprint density at radius 2 is 2.31 bits per heavy atom. The van der Waals surface area contributed by atoms with Crippen molar-refractivity contribution in [3.05, 3.63) is 21.8 Å². The molecule has 1 unspecified atom stereocenters. The van der Waals surface area contributed by atoms with E-state index in [0.717, 1.165) is 17.3 Å². The Kier molecular flexibility index (Phi) is 5.02. The highest BCUT2D eigenvalue weighted by atomic mass is 79.9. The van der Waals surface area contributed by atoms with Crippen LogP contribution in [0.25, 0.3) is 0 Å². The summed E-state index contributed by atoms with van der Waals surface area (Å²) in [6.07, 6.45) is 3.28. The summed E-state index contributed by atoms with van der Waals surface area (Å²) in [6, 6.07) is 1.77. The Balaban J connectivity index is 2.61. The highest BCUT2D eigenvalue weighted by Gasteiger charge is 2.19. The maximum absolute atomic E-state index is 9.99. The number of nitrogens with zero attached hydrogens (tertiary/aromatic N) is 1. The van der Waals surface area contributed by atoms with Crippen molar-refractivity contribution in [1.82, 2.24) is 4.98 Å². The number of hydrogen-bond donors (Lipinski definition) is 2. The lowest BCUT2D eigenvalue weighted by Crippen LogP contribution is -2.33. The average molecular weight is 308 g/mol. The van der Waals surface area contributed by atoms with Crippen LogP contribution in [0.3, 0.4) is 0 Å². The number of aromatic nitrogens is 1. The zero-order chi connectivity index (χ0) is 12.2. The first-order valence-electron chi connectivity index (χ1n) is 5.22. The molecule has 0 aliphatic rings. The third-order valence-corrected chi connectivity index (χ3v) is 3.04. The Morgan fingerprint density at radius 3 is 2.88 bits per heavy atom. The van der Waals surface area contributed by atoms with Gasteiger partial charge in [0.2, 0.25) is 0 Å². The van der Waals surface area contributed by atoms with Crippen LogP contribution in [0.2, 0.25) is 5.02 Å². The molecule has 1 aromatic heterocycles. The summed E-state index contributed by atoms with van der Waals surface area (Å²) < 4.78 is 0.798. The van der Waals surface area contributed by atoms with Crippen LogP contribution < -0.4 is 5.32 Å². The zero-order valence-corrected chi connectivity index (χ0v) is 11.8. The van der Waals surface area contributed by atoms with Gasteiger partial charge in [0.1, 0.15) is 5.82 Å². The van der Waals surface area contributed by atoms with E-state index in [2.05, 4.69) is 26.2 Å². The van der Waals surface area contributed by atoms with Crippen molar-refractivity contribution in [2.45, 2.75) is 32.3 Å². The Bertz CT molecular complexity index is 358. The second kappa shape index (κ2) is 5.84. The second-order valence-electron chi connectivity index (χ2n) is 4.08. The molecule has 3 nitrogen and oxygen atoms in total. The van der Waals surface area contributed by atoms with Crippen molar-refractivity contribution >= 4 is 33.3 Å². The van der Waals surface area contributed by atoms with Gasteiger partial charge < -0.3 is 10.4 Å². The first-order chi connectivity index (χ1) is 7.44. The minimum atomic E-state index is -0.713. The van der Waals surface area contributed by atoms with E-state index in [1.165, 1.54) is 0 Å². The molecule has 0 aliphatic carbocycles. The van der Waals surface area contributed by atoms with Gasteiger partial charge in [-0.3, -0.25) is 0 Å². The molecule has 0 bridgehead atoms. The van der Waals surface area contributed by atoms with E-state index in [0.29, 0.717) is 17.4 Å². The molecule has 0 aromatic carbocycles. The first-order valence-corrected chi connectivity index (χ1v) is 6.39. The van der Waals surface area contributed by atoms with Gasteiger partial charge >= 0.3 is 0 Å². The van der Waals surface area contributed by atoms with Gasteiger partial charge in [-0.05, 0) is 35.3 Å². The molecule has 0 fully saturated rings. The number of nitrogens with one attached hydrogen (secondary N) is 1. The van der Waals surface area contributed by atoms with E-state index in [1.54, 1.807) is 12.3 Å². The van der Waals surface area contributed by atoms with Gasteiger partial charge in [0.25, 0.3) is 0 Å². The molecule has 1 aromatic rings. The summed E-state index contributed by atoms with van der Waals surface area (Å²) in [5, 5.41) is 13.7. The Hall–Kier alpha value is -0.320. The van der Waals surface area contributed by atoms with Crippen molar-refractivity contribution in [2.24, 2.45) is 0 Å². The van der Waals surface area contributed by atoms with E-state index >= 15 is 0 Å². The molecule has 2 N–H and O–H groups in total. The highest BCUT2D eigenvalue weighted by molar-refractivity contribution is 9.10. The summed E-state index contributed by atoms with van der Waals surface area (Å²) >= 11 is 9.15. The SMILES string of the molecule is CCCC(C)(O)CNc1ncc(Cl)cc1Br. The standard InChI is InChI=1S/C11H16BrClN2O/c1-3-4-11(2,16)7-15-10-9(12)5-8(13)6-14-10/h5-6,16H,3-4,7H2,1-2H3,(H,14,15). The van der Waals surface area contributed by atoms with Crippen LogP contribution in [0.1, 0.15) is 26.7 Å². The minimum Gasteiger partial charge on any atom is -0.388 e. The van der Waals surface area contributed by atoms with Gasteiger partial charge in [-0.25, -0.2) is 4.98 Å². The lowest BCUT2D eigenvalue weighted by molar-refractivity contribution is 0.0636. The summed E-state index contributed by atoms with van der Waals surface area (Å²) in [4.78, 5) is 4.14. The predicted octanol–water partition coefficient (Wildman–Crippen LogP) is 3.46. The maximum atomic E-state index is 9.99. The lowest BCUT2D eigenvalue weighted by atomic mass is 10.0. The summed E-state index contributed by atoms with van der Waals surface area (Å²) in [7, 11) is 0. The van der Waals surface area contributed by atoms with Crippen LogP contribution in [0.5, 0.6) is 0 Å². The lowest BCUT2D eigenvalue weighted by Gasteiger charge is -2.23. The third kappa shape index (κ3) is 4.28. The van der Waals surface area contributed by atoms with E-state index in [1.807, 2.05) is 13.8 Å². The van der Waals surface area contributed by atoms with Crippen LogP contribution in [0.4, 0.5) is 5.82 Å². The van der Waals surface area contributed by atoms with Crippen LogP contribution >= 0.6 is 27.5 Å². The first kappa shape index (κ1) is 13.7. The average Bonchev–Trinajstić information content (AvgIpc) is 2.16. The number of anilines is 1. The molecule has 1 atom stereocenters. The molecular formula is C11H16BrClN2O. The zero-order valence-electron chi connectivity index (χ0n) is 9.43. The fourth-order valence-corrected chi connectivity index (χ4v) is 2.22. The predicted molar refractivity (Wildman–Crippen MR) is 71.0 cm³/mol. The van der Waals surface area contributed by atoms with Crippen molar-refractivity contribution in [2.75, 3.05) is 11.9 Å². The topological polar surface area (TPSA) is 45.1 Å². The summed E-state index contributed by atoms with van der Waals surface area (Å²) in [6.45, 7) is 4.33.